The van der Waals surface area contributed by atoms with Crippen molar-refractivity contribution in [1.29, 1.82) is 0 Å². The predicted molar refractivity (Wildman–Crippen MR) is 70.4 cm³/mol. The van der Waals surface area contributed by atoms with Crippen molar-refractivity contribution >= 4 is 23.0 Å². The van der Waals surface area contributed by atoms with E-state index in [-0.39, 0.29) is 5.91 Å². The lowest BCUT2D eigenvalue weighted by atomic mass is 10.2. The molecule has 0 aliphatic rings. The second-order valence-corrected chi connectivity index (χ2v) is 4.30. The molecule has 0 unspecified atom stereocenters. The molecule has 0 spiro atoms. The predicted octanol–water partition coefficient (Wildman–Crippen LogP) is 2.90. The third kappa shape index (κ3) is 3.01. The normalized spacial score (nSPS) is 11.2. The van der Waals surface area contributed by atoms with Gasteiger partial charge in [-0.2, -0.15) is 16.4 Å². The number of amides is 1. The number of hydrazone groups is 1. The molecule has 3 nitrogen and oxygen atoms in total. The molecule has 0 saturated carbocycles. The maximum atomic E-state index is 11.7. The van der Waals surface area contributed by atoms with Gasteiger partial charge in [0.25, 0.3) is 5.91 Å². The molecule has 4 heteroatoms. The van der Waals surface area contributed by atoms with Crippen molar-refractivity contribution in [2.75, 3.05) is 0 Å². The molecule has 1 aromatic heterocycles. The third-order valence-electron chi connectivity index (χ3n) is 2.30. The van der Waals surface area contributed by atoms with E-state index in [0.29, 0.717) is 5.56 Å². The molecule has 2 aromatic rings. The minimum absolute atomic E-state index is 0.194. The van der Waals surface area contributed by atoms with Crippen LogP contribution in [0, 0.1) is 0 Å². The maximum Gasteiger partial charge on any atom is 0.271 e. The minimum atomic E-state index is -0.194. The first-order chi connectivity index (χ1) is 8.27. The van der Waals surface area contributed by atoms with Crippen molar-refractivity contribution in [3.8, 4) is 0 Å². The number of rotatable bonds is 3. The Bertz CT molecular complexity index is 518. The van der Waals surface area contributed by atoms with Crippen molar-refractivity contribution in [2.45, 2.75) is 6.92 Å². The van der Waals surface area contributed by atoms with Gasteiger partial charge in [-0.15, -0.1) is 0 Å². The molecule has 1 amide bonds. The van der Waals surface area contributed by atoms with Gasteiger partial charge in [-0.25, -0.2) is 5.43 Å². The average Bonchev–Trinajstić information content (AvgIpc) is 2.90. The van der Waals surface area contributed by atoms with Crippen LogP contribution in [0.4, 0.5) is 0 Å². The Labute approximate surface area is 104 Å². The molecule has 0 radical (unpaired) electrons. The van der Waals surface area contributed by atoms with Crippen LogP contribution < -0.4 is 5.43 Å². The van der Waals surface area contributed by atoms with Gasteiger partial charge in [-0.3, -0.25) is 4.79 Å². The van der Waals surface area contributed by atoms with Crippen LogP contribution in [0.25, 0.3) is 0 Å². The van der Waals surface area contributed by atoms with E-state index < -0.39 is 0 Å². The van der Waals surface area contributed by atoms with Crippen LogP contribution in [0.15, 0.2) is 52.3 Å². The summed E-state index contributed by atoms with van der Waals surface area (Å²) in [7, 11) is 0. The number of thiophene rings is 1. The van der Waals surface area contributed by atoms with Crippen LogP contribution in [0.5, 0.6) is 0 Å². The highest BCUT2D eigenvalue weighted by Crippen LogP contribution is 2.07. The second-order valence-electron chi connectivity index (χ2n) is 3.52. The lowest BCUT2D eigenvalue weighted by Crippen LogP contribution is -2.19. The topological polar surface area (TPSA) is 41.5 Å². The fraction of sp³-hybridized carbons (Fsp3) is 0.0769. The van der Waals surface area contributed by atoms with Crippen molar-refractivity contribution in [1.82, 2.24) is 5.43 Å². The molecule has 0 saturated heterocycles. The molecule has 0 fully saturated rings. The van der Waals surface area contributed by atoms with Crippen molar-refractivity contribution in [2.24, 2.45) is 5.10 Å². The smallest absolute Gasteiger partial charge is 0.267 e. The Morgan fingerprint density at radius 3 is 2.59 bits per heavy atom. The highest BCUT2D eigenvalue weighted by molar-refractivity contribution is 7.08. The van der Waals surface area contributed by atoms with E-state index in [4.69, 9.17) is 0 Å². The van der Waals surface area contributed by atoms with Crippen molar-refractivity contribution < 1.29 is 4.79 Å². The van der Waals surface area contributed by atoms with Crippen LogP contribution in [-0.4, -0.2) is 11.6 Å². The van der Waals surface area contributed by atoms with Gasteiger partial charge in [-0.05, 0) is 35.9 Å². The van der Waals surface area contributed by atoms with Crippen LogP contribution >= 0.6 is 11.3 Å². The molecular weight excluding hydrogens is 232 g/mol. The molecule has 2 rings (SSSR count). The summed E-state index contributed by atoms with van der Waals surface area (Å²) in [5.41, 5.74) is 4.98. The van der Waals surface area contributed by atoms with Crippen LogP contribution in [0.1, 0.15) is 22.8 Å². The zero-order chi connectivity index (χ0) is 12.1. The number of carbonyl (C=O) groups is 1. The zero-order valence-corrected chi connectivity index (χ0v) is 10.2. The van der Waals surface area contributed by atoms with Gasteiger partial charge < -0.3 is 0 Å². The Morgan fingerprint density at radius 1 is 1.18 bits per heavy atom. The van der Waals surface area contributed by atoms with E-state index in [2.05, 4.69) is 10.5 Å². The van der Waals surface area contributed by atoms with Gasteiger partial charge >= 0.3 is 0 Å². The summed E-state index contributed by atoms with van der Waals surface area (Å²) in [4.78, 5) is 11.7. The highest BCUT2D eigenvalue weighted by atomic mass is 32.1. The van der Waals surface area contributed by atoms with Gasteiger partial charge in [0.2, 0.25) is 0 Å². The fourth-order valence-corrected chi connectivity index (χ4v) is 2.02. The summed E-state index contributed by atoms with van der Waals surface area (Å²) in [6, 6.07) is 11.0. The standard InChI is InChI=1S/C13H12N2OS/c1-10(12-7-8-17-9-12)14-15-13(16)11-5-3-2-4-6-11/h2-9H,1H3,(H,15,16). The molecule has 86 valence electrons. The molecule has 1 aromatic carbocycles. The summed E-state index contributed by atoms with van der Waals surface area (Å²) in [6.45, 7) is 1.87. The number of hydrogen-bond acceptors (Lipinski definition) is 3. The molecule has 0 aliphatic carbocycles. The summed E-state index contributed by atoms with van der Waals surface area (Å²) in [6.07, 6.45) is 0. The van der Waals surface area contributed by atoms with Gasteiger partial charge in [-0.1, -0.05) is 18.2 Å². The second kappa shape index (κ2) is 5.41. The minimum Gasteiger partial charge on any atom is -0.267 e. The van der Waals surface area contributed by atoms with Crippen molar-refractivity contribution in [3.05, 3.63) is 58.3 Å². The molecule has 0 aliphatic heterocycles. The Kier molecular flexibility index (Phi) is 3.67. The lowest BCUT2D eigenvalue weighted by molar-refractivity contribution is 0.0955. The first-order valence-electron chi connectivity index (χ1n) is 5.19. The number of nitrogens with zero attached hydrogens (tertiary/aromatic N) is 1. The van der Waals surface area contributed by atoms with Crippen molar-refractivity contribution in [3.63, 3.8) is 0 Å². The number of benzene rings is 1. The van der Waals surface area contributed by atoms with E-state index in [1.165, 1.54) is 0 Å². The first-order valence-corrected chi connectivity index (χ1v) is 6.14. The van der Waals surface area contributed by atoms with Gasteiger partial charge in [0.1, 0.15) is 0 Å². The summed E-state index contributed by atoms with van der Waals surface area (Å²) < 4.78 is 0. The number of nitrogens with one attached hydrogen (secondary N) is 1. The molecule has 1 N–H and O–H groups in total. The summed E-state index contributed by atoms with van der Waals surface area (Å²) in [5, 5.41) is 8.04. The molecule has 0 atom stereocenters. The lowest BCUT2D eigenvalue weighted by Gasteiger charge is -2.01. The van der Waals surface area contributed by atoms with Gasteiger partial charge in [0.15, 0.2) is 0 Å². The summed E-state index contributed by atoms with van der Waals surface area (Å²) in [5.74, 6) is -0.194. The van der Waals surface area contributed by atoms with E-state index in [1.54, 1.807) is 23.5 Å². The van der Waals surface area contributed by atoms with Crippen LogP contribution in [0.2, 0.25) is 0 Å². The molecule has 0 bridgehead atoms. The Morgan fingerprint density at radius 2 is 1.94 bits per heavy atom. The Hall–Kier alpha value is -1.94. The van der Waals surface area contributed by atoms with E-state index in [0.717, 1.165) is 11.3 Å². The molecule has 17 heavy (non-hydrogen) atoms. The molecular formula is C13H12N2OS. The van der Waals surface area contributed by atoms with E-state index >= 15 is 0 Å². The van der Waals surface area contributed by atoms with Crippen LogP contribution in [-0.2, 0) is 0 Å². The highest BCUT2D eigenvalue weighted by Gasteiger charge is 2.03. The largest absolute Gasteiger partial charge is 0.271 e. The zero-order valence-electron chi connectivity index (χ0n) is 9.38. The average molecular weight is 244 g/mol. The summed E-state index contributed by atoms with van der Waals surface area (Å²) >= 11 is 1.61. The van der Waals surface area contributed by atoms with E-state index in [9.17, 15) is 4.79 Å². The number of hydrogen-bond donors (Lipinski definition) is 1. The van der Waals surface area contributed by atoms with Gasteiger partial charge in [0.05, 0.1) is 5.71 Å². The molecule has 1 heterocycles. The third-order valence-corrected chi connectivity index (χ3v) is 2.98. The van der Waals surface area contributed by atoms with Gasteiger partial charge in [0, 0.05) is 11.1 Å². The monoisotopic (exact) mass is 244 g/mol. The number of carbonyl (C=O) groups excluding carboxylic acids is 1. The van der Waals surface area contributed by atoms with E-state index in [1.807, 2.05) is 41.9 Å². The fourth-order valence-electron chi connectivity index (χ4n) is 1.32. The van der Waals surface area contributed by atoms with Crippen LogP contribution in [0.3, 0.4) is 0 Å². The Balaban J connectivity index is 2.04. The maximum absolute atomic E-state index is 11.7. The first kappa shape index (κ1) is 11.5. The quantitative estimate of drug-likeness (QED) is 0.654. The SMILES string of the molecule is CC(=NNC(=O)c1ccccc1)c1ccsc1.